The zero-order valence-corrected chi connectivity index (χ0v) is 12.2. The van der Waals surface area contributed by atoms with E-state index in [0.717, 1.165) is 12.8 Å². The topological polar surface area (TPSA) is 65.0 Å². The molecular formula is C15H22O5. The number of aliphatic hydroxyl groups is 1. The van der Waals surface area contributed by atoms with Crippen molar-refractivity contribution in [3.8, 4) is 11.5 Å². The van der Waals surface area contributed by atoms with E-state index in [9.17, 15) is 9.90 Å². The van der Waals surface area contributed by atoms with Crippen LogP contribution in [0.2, 0.25) is 0 Å². The Bertz CT molecular complexity index is 430. The average molecular weight is 282 g/mol. The summed E-state index contributed by atoms with van der Waals surface area (Å²) in [6.45, 7) is 2.41. The predicted octanol–water partition coefficient (Wildman–Crippen LogP) is 2.47. The van der Waals surface area contributed by atoms with Crippen molar-refractivity contribution in [2.24, 2.45) is 0 Å². The molecule has 0 amide bonds. The maximum Gasteiger partial charge on any atom is 0.308 e. The molecule has 1 atom stereocenters. The zero-order chi connectivity index (χ0) is 15.0. The van der Waals surface area contributed by atoms with Gasteiger partial charge in [0.15, 0.2) is 0 Å². The lowest BCUT2D eigenvalue weighted by molar-refractivity contribution is -0.146. The molecule has 1 aromatic carbocycles. The molecule has 0 bridgehead atoms. The van der Waals surface area contributed by atoms with Crippen LogP contribution >= 0.6 is 0 Å². The molecular weight excluding hydrogens is 260 g/mol. The third kappa shape index (κ3) is 4.74. The van der Waals surface area contributed by atoms with Crippen molar-refractivity contribution in [1.29, 1.82) is 0 Å². The van der Waals surface area contributed by atoms with Crippen molar-refractivity contribution in [3.63, 3.8) is 0 Å². The second kappa shape index (κ2) is 8.43. The van der Waals surface area contributed by atoms with Crippen LogP contribution in [0.5, 0.6) is 11.5 Å². The lowest BCUT2D eigenvalue weighted by atomic mass is 10.1. The number of aliphatic hydroxyl groups excluding tert-OH is 1. The van der Waals surface area contributed by atoms with Crippen molar-refractivity contribution in [3.05, 3.63) is 23.8 Å². The molecule has 0 fully saturated rings. The quantitative estimate of drug-likeness (QED) is 0.586. The molecule has 5 heteroatoms. The number of rotatable bonds is 8. The second-order valence-corrected chi connectivity index (χ2v) is 4.40. The maximum absolute atomic E-state index is 11.6. The Labute approximate surface area is 119 Å². The highest BCUT2D eigenvalue weighted by molar-refractivity contribution is 5.70. The maximum atomic E-state index is 11.6. The number of methoxy groups -OCH3 is 2. The van der Waals surface area contributed by atoms with Crippen LogP contribution in [0.25, 0.3) is 0 Å². The normalized spacial score (nSPS) is 11.8. The summed E-state index contributed by atoms with van der Waals surface area (Å²) in [5.41, 5.74) is 0.542. The highest BCUT2D eigenvalue weighted by Crippen LogP contribution is 2.31. The minimum atomic E-state index is -0.954. The van der Waals surface area contributed by atoms with Crippen molar-refractivity contribution in [2.75, 3.05) is 20.8 Å². The third-order valence-electron chi connectivity index (χ3n) is 2.92. The summed E-state index contributed by atoms with van der Waals surface area (Å²) in [4.78, 5) is 11.6. The first kappa shape index (κ1) is 16.3. The molecule has 0 heterocycles. The highest BCUT2D eigenvalue weighted by atomic mass is 16.5. The van der Waals surface area contributed by atoms with Gasteiger partial charge in [0.2, 0.25) is 0 Å². The molecule has 1 aromatic rings. The van der Waals surface area contributed by atoms with Crippen LogP contribution in [-0.4, -0.2) is 31.9 Å². The molecule has 20 heavy (non-hydrogen) atoms. The number of unbranched alkanes of at least 4 members (excludes halogenated alkanes) is 1. The fourth-order valence-electron chi connectivity index (χ4n) is 1.75. The molecule has 0 aliphatic carbocycles. The Morgan fingerprint density at radius 2 is 2.05 bits per heavy atom. The minimum absolute atomic E-state index is 0.0909. The first-order valence-corrected chi connectivity index (χ1v) is 6.68. The van der Waals surface area contributed by atoms with Gasteiger partial charge in [-0.15, -0.1) is 0 Å². The lowest BCUT2D eigenvalue weighted by Gasteiger charge is -2.15. The molecule has 0 saturated heterocycles. The number of hydrogen-bond acceptors (Lipinski definition) is 5. The van der Waals surface area contributed by atoms with Gasteiger partial charge in [-0.05, 0) is 18.6 Å². The molecule has 0 aliphatic heterocycles. The number of ether oxygens (including phenoxy) is 3. The summed E-state index contributed by atoms with van der Waals surface area (Å²) in [6, 6.07) is 5.06. The van der Waals surface area contributed by atoms with E-state index in [0.29, 0.717) is 23.7 Å². The molecule has 0 spiro atoms. The van der Waals surface area contributed by atoms with Gasteiger partial charge in [-0.2, -0.15) is 0 Å². The Balaban J connectivity index is 2.66. The number of benzene rings is 1. The van der Waals surface area contributed by atoms with Gasteiger partial charge in [0.05, 0.1) is 33.4 Å². The Kier molecular flexibility index (Phi) is 6.87. The number of carbonyl (C=O) groups is 1. The molecule has 0 saturated carbocycles. The van der Waals surface area contributed by atoms with Gasteiger partial charge in [0.1, 0.15) is 11.5 Å². The average Bonchev–Trinajstić information content (AvgIpc) is 2.46. The summed E-state index contributed by atoms with van der Waals surface area (Å²) in [6.07, 6.45) is 0.743. The standard InChI is InChI=1S/C15H22O5/c1-4-5-8-20-15(17)10-13(16)12-7-6-11(18-2)9-14(12)19-3/h6-7,9,13,16H,4-5,8,10H2,1-3H3. The Hall–Kier alpha value is -1.75. The molecule has 0 aromatic heterocycles. The Morgan fingerprint density at radius 3 is 2.65 bits per heavy atom. The smallest absolute Gasteiger partial charge is 0.308 e. The first-order valence-electron chi connectivity index (χ1n) is 6.68. The van der Waals surface area contributed by atoms with Gasteiger partial charge >= 0.3 is 5.97 Å². The van der Waals surface area contributed by atoms with Crippen LogP contribution in [0, 0.1) is 0 Å². The van der Waals surface area contributed by atoms with Crippen LogP contribution in [-0.2, 0) is 9.53 Å². The van der Waals surface area contributed by atoms with Crippen molar-refractivity contribution in [1.82, 2.24) is 0 Å². The minimum Gasteiger partial charge on any atom is -0.497 e. The molecule has 112 valence electrons. The van der Waals surface area contributed by atoms with Crippen LogP contribution < -0.4 is 9.47 Å². The van der Waals surface area contributed by atoms with E-state index in [4.69, 9.17) is 14.2 Å². The molecule has 1 unspecified atom stereocenters. The fourth-order valence-corrected chi connectivity index (χ4v) is 1.75. The Morgan fingerprint density at radius 1 is 1.30 bits per heavy atom. The van der Waals surface area contributed by atoms with Crippen LogP contribution in [0.15, 0.2) is 18.2 Å². The first-order chi connectivity index (χ1) is 9.62. The zero-order valence-electron chi connectivity index (χ0n) is 12.2. The van der Waals surface area contributed by atoms with Gasteiger partial charge < -0.3 is 19.3 Å². The number of hydrogen-bond donors (Lipinski definition) is 1. The molecule has 1 rings (SSSR count). The lowest BCUT2D eigenvalue weighted by Crippen LogP contribution is -2.11. The van der Waals surface area contributed by atoms with Crippen molar-refractivity contribution in [2.45, 2.75) is 32.3 Å². The van der Waals surface area contributed by atoms with E-state index >= 15 is 0 Å². The predicted molar refractivity (Wildman–Crippen MR) is 75.0 cm³/mol. The van der Waals surface area contributed by atoms with E-state index in [1.807, 2.05) is 6.92 Å². The van der Waals surface area contributed by atoms with Gasteiger partial charge in [0.25, 0.3) is 0 Å². The van der Waals surface area contributed by atoms with Crippen LogP contribution in [0.4, 0.5) is 0 Å². The highest BCUT2D eigenvalue weighted by Gasteiger charge is 2.18. The fraction of sp³-hybridized carbons (Fsp3) is 0.533. The monoisotopic (exact) mass is 282 g/mol. The third-order valence-corrected chi connectivity index (χ3v) is 2.92. The van der Waals surface area contributed by atoms with Crippen molar-refractivity contribution >= 4 is 5.97 Å². The molecule has 0 aliphatic rings. The number of esters is 1. The molecule has 5 nitrogen and oxygen atoms in total. The van der Waals surface area contributed by atoms with Crippen LogP contribution in [0.1, 0.15) is 37.9 Å². The van der Waals surface area contributed by atoms with E-state index in [2.05, 4.69) is 0 Å². The SMILES string of the molecule is CCCCOC(=O)CC(O)c1ccc(OC)cc1OC. The second-order valence-electron chi connectivity index (χ2n) is 4.40. The summed E-state index contributed by atoms with van der Waals surface area (Å²) >= 11 is 0. The van der Waals surface area contributed by atoms with E-state index in [1.165, 1.54) is 7.11 Å². The summed E-state index contributed by atoms with van der Waals surface area (Å²) in [5, 5.41) is 10.1. The van der Waals surface area contributed by atoms with Crippen molar-refractivity contribution < 1.29 is 24.1 Å². The van der Waals surface area contributed by atoms with Gasteiger partial charge in [-0.25, -0.2) is 0 Å². The van der Waals surface area contributed by atoms with E-state index in [-0.39, 0.29) is 6.42 Å². The molecule has 0 radical (unpaired) electrons. The largest absolute Gasteiger partial charge is 0.497 e. The van der Waals surface area contributed by atoms with Gasteiger partial charge in [-0.1, -0.05) is 13.3 Å². The summed E-state index contributed by atoms with van der Waals surface area (Å²) in [5.74, 6) is 0.699. The summed E-state index contributed by atoms with van der Waals surface area (Å²) in [7, 11) is 3.06. The molecule has 1 N–H and O–H groups in total. The van der Waals surface area contributed by atoms with E-state index < -0.39 is 12.1 Å². The number of carbonyl (C=O) groups excluding carboxylic acids is 1. The van der Waals surface area contributed by atoms with Crippen LogP contribution in [0.3, 0.4) is 0 Å². The van der Waals surface area contributed by atoms with Gasteiger partial charge in [-0.3, -0.25) is 4.79 Å². The summed E-state index contributed by atoms with van der Waals surface area (Å²) < 4.78 is 15.3. The van der Waals surface area contributed by atoms with Gasteiger partial charge in [0, 0.05) is 11.6 Å². The van der Waals surface area contributed by atoms with E-state index in [1.54, 1.807) is 25.3 Å².